The van der Waals surface area contributed by atoms with Crippen LogP contribution >= 0.6 is 12.6 Å². The molecule has 0 amide bonds. The highest BCUT2D eigenvalue weighted by Crippen LogP contribution is 2.30. The summed E-state index contributed by atoms with van der Waals surface area (Å²) in [4.78, 5) is 0. The van der Waals surface area contributed by atoms with Crippen LogP contribution in [0.25, 0.3) is 0 Å². The summed E-state index contributed by atoms with van der Waals surface area (Å²) in [6.45, 7) is 16.9. The Hall–Kier alpha value is -0.430. The van der Waals surface area contributed by atoms with Gasteiger partial charge in [0.15, 0.2) is 0 Å². The summed E-state index contributed by atoms with van der Waals surface area (Å²) in [6.07, 6.45) is 7.33. The second-order valence-corrected chi connectivity index (χ2v) is 7.12. The van der Waals surface area contributed by atoms with Crippen LogP contribution in [0.5, 0.6) is 0 Å². The van der Waals surface area contributed by atoms with Crippen molar-refractivity contribution >= 4 is 12.6 Å². The molecule has 0 unspecified atom stereocenters. The van der Waals surface area contributed by atoms with Crippen LogP contribution in [0.4, 0.5) is 0 Å². The first-order chi connectivity index (χ1) is 7.10. The molecule has 0 aliphatic carbocycles. The Bertz CT molecular complexity index is 292. The van der Waals surface area contributed by atoms with Crippen molar-refractivity contribution < 1.29 is 0 Å². The van der Waals surface area contributed by atoms with Crippen molar-refractivity contribution in [1.82, 2.24) is 0 Å². The van der Waals surface area contributed by atoms with E-state index in [4.69, 9.17) is 0 Å². The molecule has 0 aromatic heterocycles. The average molecular weight is 238 g/mol. The number of rotatable bonds is 4. The molecule has 0 aliphatic heterocycles. The van der Waals surface area contributed by atoms with E-state index in [0.717, 1.165) is 6.42 Å². The summed E-state index contributed by atoms with van der Waals surface area (Å²) in [5.41, 5.74) is 2.75. The molecule has 0 nitrogen and oxygen atoms in total. The smallest absolute Gasteiger partial charge is 0.0113 e. The monoisotopic (exact) mass is 238 g/mol. The van der Waals surface area contributed by atoms with Gasteiger partial charge < -0.3 is 0 Å². The topological polar surface area (TPSA) is 0 Å². The first kappa shape index (κ1) is 15.6. The van der Waals surface area contributed by atoms with Crippen molar-refractivity contribution in [2.24, 2.45) is 5.41 Å². The Morgan fingerprint density at radius 1 is 1.19 bits per heavy atom. The van der Waals surface area contributed by atoms with Gasteiger partial charge >= 0.3 is 0 Å². The van der Waals surface area contributed by atoms with E-state index in [1.165, 1.54) is 11.1 Å². The van der Waals surface area contributed by atoms with Gasteiger partial charge in [0.2, 0.25) is 0 Å². The molecule has 0 spiro atoms. The van der Waals surface area contributed by atoms with Crippen LogP contribution < -0.4 is 0 Å². The molecule has 16 heavy (non-hydrogen) atoms. The molecule has 0 saturated carbocycles. The van der Waals surface area contributed by atoms with Gasteiger partial charge in [0.05, 0.1) is 0 Å². The highest BCUT2D eigenvalue weighted by Gasteiger charge is 2.17. The zero-order chi connectivity index (χ0) is 13.0. The fourth-order valence-corrected chi connectivity index (χ4v) is 1.70. The summed E-state index contributed by atoms with van der Waals surface area (Å²) < 4.78 is 0.0303. The molecular weight excluding hydrogens is 212 g/mol. The maximum Gasteiger partial charge on any atom is 0.0113 e. The summed E-state index contributed by atoms with van der Waals surface area (Å²) in [7, 11) is 0. The molecule has 1 heteroatoms. The third-order valence-corrected chi connectivity index (χ3v) is 2.59. The molecule has 0 aliphatic rings. The van der Waals surface area contributed by atoms with Crippen LogP contribution in [0.3, 0.4) is 0 Å². The van der Waals surface area contributed by atoms with E-state index in [2.05, 4.69) is 72.9 Å². The van der Waals surface area contributed by atoms with Crippen LogP contribution in [-0.4, -0.2) is 4.75 Å². The van der Waals surface area contributed by atoms with Crippen LogP contribution in [0, 0.1) is 5.41 Å². The highest BCUT2D eigenvalue weighted by molar-refractivity contribution is 7.81. The standard InChI is InChI=1S/C15H26S/c1-8-12(11-15(6,7)16)10-13(9-2)14(3,4)5/h8-10,16H,2,11H2,1,3-7H3/b12-8+,13-10+. The molecule has 0 aromatic carbocycles. The molecule has 0 rings (SSSR count). The maximum absolute atomic E-state index is 4.58. The normalized spacial score (nSPS) is 15.2. The second kappa shape index (κ2) is 5.77. The third-order valence-electron chi connectivity index (χ3n) is 2.43. The van der Waals surface area contributed by atoms with Gasteiger partial charge in [-0.2, -0.15) is 12.6 Å². The van der Waals surface area contributed by atoms with Gasteiger partial charge in [0.25, 0.3) is 0 Å². The van der Waals surface area contributed by atoms with Crippen molar-refractivity contribution in [3.8, 4) is 0 Å². The minimum Gasteiger partial charge on any atom is -0.173 e. The summed E-state index contributed by atoms with van der Waals surface area (Å²) in [6, 6.07) is 0. The molecule has 0 heterocycles. The lowest BCUT2D eigenvalue weighted by atomic mass is 9.84. The Kier molecular flexibility index (Phi) is 5.61. The molecule has 0 aromatic rings. The number of thiol groups is 1. The fraction of sp³-hybridized carbons (Fsp3) is 0.600. The minimum absolute atomic E-state index is 0.0303. The molecule has 0 atom stereocenters. The van der Waals surface area contributed by atoms with Crippen molar-refractivity contribution in [2.45, 2.75) is 52.7 Å². The lowest BCUT2D eigenvalue weighted by Gasteiger charge is -2.23. The predicted octanol–water partition coefficient (Wildman–Crippen LogP) is 5.19. The minimum atomic E-state index is 0.0303. The second-order valence-electron chi connectivity index (χ2n) is 5.91. The van der Waals surface area contributed by atoms with Crippen molar-refractivity contribution in [1.29, 1.82) is 0 Å². The predicted molar refractivity (Wildman–Crippen MR) is 79.2 cm³/mol. The molecule has 0 N–H and O–H groups in total. The fourth-order valence-electron chi connectivity index (χ4n) is 1.52. The van der Waals surface area contributed by atoms with E-state index in [-0.39, 0.29) is 10.2 Å². The van der Waals surface area contributed by atoms with Crippen molar-refractivity contribution in [2.75, 3.05) is 0 Å². The highest BCUT2D eigenvalue weighted by atomic mass is 32.1. The molecular formula is C15H26S. The zero-order valence-corrected chi connectivity index (χ0v) is 12.5. The largest absolute Gasteiger partial charge is 0.173 e. The zero-order valence-electron chi connectivity index (χ0n) is 11.6. The van der Waals surface area contributed by atoms with E-state index >= 15 is 0 Å². The van der Waals surface area contributed by atoms with E-state index in [9.17, 15) is 0 Å². The van der Waals surface area contributed by atoms with Crippen LogP contribution in [0.15, 0.2) is 36.0 Å². The lowest BCUT2D eigenvalue weighted by molar-refractivity contribution is 0.516. The Labute approximate surface area is 107 Å². The van der Waals surface area contributed by atoms with Gasteiger partial charge in [-0.05, 0) is 24.3 Å². The summed E-state index contributed by atoms with van der Waals surface area (Å²) in [5.74, 6) is 0. The van der Waals surface area contributed by atoms with Crippen LogP contribution in [-0.2, 0) is 0 Å². The van der Waals surface area contributed by atoms with Gasteiger partial charge in [0, 0.05) is 4.75 Å². The molecule has 0 fully saturated rings. The maximum atomic E-state index is 4.58. The number of allylic oxidation sites excluding steroid dienone is 5. The molecule has 0 bridgehead atoms. The molecule has 0 radical (unpaired) electrons. The first-order valence-corrected chi connectivity index (χ1v) is 6.27. The van der Waals surface area contributed by atoms with Crippen LogP contribution in [0.1, 0.15) is 48.0 Å². The van der Waals surface area contributed by atoms with Gasteiger partial charge in [-0.15, -0.1) is 0 Å². The van der Waals surface area contributed by atoms with E-state index in [0.29, 0.717) is 0 Å². The van der Waals surface area contributed by atoms with Crippen molar-refractivity contribution in [3.05, 3.63) is 36.0 Å². The van der Waals surface area contributed by atoms with E-state index < -0.39 is 0 Å². The van der Waals surface area contributed by atoms with E-state index in [1.54, 1.807) is 0 Å². The quantitative estimate of drug-likeness (QED) is 0.506. The van der Waals surface area contributed by atoms with Gasteiger partial charge in [0.1, 0.15) is 0 Å². The first-order valence-electron chi connectivity index (χ1n) is 5.82. The average Bonchev–Trinajstić information content (AvgIpc) is 2.07. The Balaban J connectivity index is 5.02. The summed E-state index contributed by atoms with van der Waals surface area (Å²) in [5, 5.41) is 0. The Morgan fingerprint density at radius 2 is 1.69 bits per heavy atom. The molecule has 92 valence electrons. The lowest BCUT2D eigenvalue weighted by Crippen LogP contribution is -2.12. The van der Waals surface area contributed by atoms with Crippen LogP contribution in [0.2, 0.25) is 0 Å². The molecule has 0 saturated heterocycles. The third kappa shape index (κ3) is 6.22. The Morgan fingerprint density at radius 3 is 1.94 bits per heavy atom. The SMILES string of the molecule is C=C/C(=C\C(=C/C)CC(C)(C)S)C(C)(C)C. The van der Waals surface area contributed by atoms with E-state index in [1.807, 2.05) is 6.08 Å². The van der Waals surface area contributed by atoms with Gasteiger partial charge in [-0.1, -0.05) is 65.0 Å². The van der Waals surface area contributed by atoms with Gasteiger partial charge in [-0.3, -0.25) is 0 Å². The van der Waals surface area contributed by atoms with Gasteiger partial charge in [-0.25, -0.2) is 0 Å². The number of hydrogen-bond donors (Lipinski definition) is 1. The summed E-state index contributed by atoms with van der Waals surface area (Å²) >= 11 is 4.58. The van der Waals surface area contributed by atoms with Crippen molar-refractivity contribution in [3.63, 3.8) is 0 Å². The number of hydrogen-bond acceptors (Lipinski definition) is 1.